The maximum atomic E-state index is 13.6. The molecule has 1 amide bonds. The van der Waals surface area contributed by atoms with Crippen LogP contribution in [-0.4, -0.2) is 73.6 Å². The molecule has 0 saturated heterocycles. The molecule has 0 saturated carbocycles. The van der Waals surface area contributed by atoms with Crippen LogP contribution < -0.4 is 14.4 Å². The molecule has 12 nitrogen and oxygen atoms in total. The predicted octanol–water partition coefficient (Wildman–Crippen LogP) is 3.23. The molecule has 3 rings (SSSR count). The fourth-order valence-electron chi connectivity index (χ4n) is 3.24. The number of aryl methyl sites for hydroxylation is 1. The summed E-state index contributed by atoms with van der Waals surface area (Å²) in [6, 6.07) is 1.09. The van der Waals surface area contributed by atoms with E-state index in [9.17, 15) is 34.8 Å². The first-order valence-electron chi connectivity index (χ1n) is 11.1. The molecule has 0 aliphatic carbocycles. The fourth-order valence-corrected chi connectivity index (χ4v) is 6.15. The molecule has 18 heteroatoms. The maximum absolute atomic E-state index is 13.6. The molecule has 0 aromatic carbocycles. The normalized spacial score (nSPS) is 16.5. The number of anilines is 2. The number of hydrogen-bond acceptors (Lipinski definition) is 9. The zero-order valence-electron chi connectivity index (χ0n) is 20.6. The average Bonchev–Trinajstić information content (AvgIpc) is 3.19. The van der Waals surface area contributed by atoms with Gasteiger partial charge in [0, 0.05) is 18.5 Å². The molecule has 0 fully saturated rings. The lowest BCUT2D eigenvalue weighted by molar-refractivity contribution is -0.242. The van der Waals surface area contributed by atoms with Crippen molar-refractivity contribution in [2.24, 2.45) is 0 Å². The Hall–Kier alpha value is -2.79. The molecule has 3 heterocycles. The SMILES string of the molecule is CCn1cc(S(=O)(=O)N2C[C@H](CS(=O)(=O)CC)Oc3ncc(NC(=O)OC(C)(C)C(F)(F)F)cc32)c(Cl)n1. The lowest BCUT2D eigenvalue weighted by Crippen LogP contribution is -2.47. The molecule has 2 aromatic heterocycles. The number of rotatable bonds is 8. The summed E-state index contributed by atoms with van der Waals surface area (Å²) in [5, 5.41) is 5.66. The Morgan fingerprint density at radius 3 is 2.47 bits per heavy atom. The van der Waals surface area contributed by atoms with Gasteiger partial charge in [-0.25, -0.2) is 26.6 Å². The van der Waals surface area contributed by atoms with E-state index in [1.807, 2.05) is 0 Å². The van der Waals surface area contributed by atoms with Gasteiger partial charge in [0.1, 0.15) is 16.7 Å². The van der Waals surface area contributed by atoms with Gasteiger partial charge >= 0.3 is 12.3 Å². The fraction of sp³-hybridized carbons (Fsp3) is 0.550. The van der Waals surface area contributed by atoms with Gasteiger partial charge in [0.2, 0.25) is 11.5 Å². The third-order valence-corrected chi connectivity index (χ3v) is 9.41. The minimum Gasteiger partial charge on any atom is -0.470 e. The van der Waals surface area contributed by atoms with Crippen molar-refractivity contribution in [3.63, 3.8) is 0 Å². The number of sulfonamides is 1. The summed E-state index contributed by atoms with van der Waals surface area (Å²) >= 11 is 6.07. The van der Waals surface area contributed by atoms with Crippen LogP contribution in [0, 0.1) is 0 Å². The number of hydrogen-bond donors (Lipinski definition) is 1. The molecule has 0 radical (unpaired) electrons. The van der Waals surface area contributed by atoms with Crippen molar-refractivity contribution in [1.82, 2.24) is 14.8 Å². The highest BCUT2D eigenvalue weighted by atomic mass is 35.5. The first kappa shape index (κ1) is 29.8. The van der Waals surface area contributed by atoms with Gasteiger partial charge in [-0.3, -0.25) is 14.3 Å². The van der Waals surface area contributed by atoms with Crippen LogP contribution >= 0.6 is 11.6 Å². The predicted molar refractivity (Wildman–Crippen MR) is 131 cm³/mol. The van der Waals surface area contributed by atoms with Gasteiger partial charge < -0.3 is 9.47 Å². The van der Waals surface area contributed by atoms with Crippen molar-refractivity contribution in [2.75, 3.05) is 27.7 Å². The third kappa shape index (κ3) is 6.26. The number of carbonyl (C=O) groups excluding carboxylic acids is 1. The van der Waals surface area contributed by atoms with Gasteiger partial charge in [0.25, 0.3) is 10.0 Å². The van der Waals surface area contributed by atoms with Crippen LogP contribution in [0.3, 0.4) is 0 Å². The number of aromatic nitrogens is 3. The van der Waals surface area contributed by atoms with E-state index in [1.165, 1.54) is 17.8 Å². The maximum Gasteiger partial charge on any atom is 0.427 e. The van der Waals surface area contributed by atoms with Gasteiger partial charge in [-0.1, -0.05) is 18.5 Å². The standard InChI is InChI=1S/C20H25ClF3N5O7S2/c1-5-28-10-15(16(21)27-28)38(33,34)29-9-13(11-37(31,32)6-2)35-17-14(29)7-12(8-25-17)26-18(30)36-19(3,4)20(22,23)24/h7-8,10,13H,5-6,9,11H2,1-4H3,(H,26,30)/t13-/m1/s1. The molecule has 1 aliphatic heterocycles. The Labute approximate surface area is 222 Å². The van der Waals surface area contributed by atoms with Crippen molar-refractivity contribution in [2.45, 2.75) is 57.0 Å². The van der Waals surface area contributed by atoms with Crippen LogP contribution in [0.4, 0.5) is 29.3 Å². The molecule has 0 bridgehead atoms. The zero-order valence-corrected chi connectivity index (χ0v) is 23.0. The van der Waals surface area contributed by atoms with Gasteiger partial charge in [-0.2, -0.15) is 18.3 Å². The Bertz CT molecular complexity index is 1430. The van der Waals surface area contributed by atoms with E-state index >= 15 is 0 Å². The molecule has 2 aromatic rings. The quantitative estimate of drug-likeness (QED) is 0.480. The second kappa shape index (κ2) is 10.4. The van der Waals surface area contributed by atoms with Crippen molar-refractivity contribution >= 4 is 48.9 Å². The van der Waals surface area contributed by atoms with Crippen LogP contribution in [-0.2, 0) is 31.1 Å². The van der Waals surface area contributed by atoms with Gasteiger partial charge in [-0.05, 0) is 26.8 Å². The summed E-state index contributed by atoms with van der Waals surface area (Å²) in [5.41, 5.74) is -3.25. The molecular weight excluding hydrogens is 579 g/mol. The summed E-state index contributed by atoms with van der Waals surface area (Å²) < 4.78 is 103. The third-order valence-electron chi connectivity index (χ3n) is 5.48. The highest BCUT2D eigenvalue weighted by Gasteiger charge is 2.51. The molecule has 1 N–H and O–H groups in total. The first-order chi connectivity index (χ1) is 17.4. The van der Waals surface area contributed by atoms with Crippen molar-refractivity contribution in [3.05, 3.63) is 23.6 Å². The van der Waals surface area contributed by atoms with E-state index in [0.29, 0.717) is 20.4 Å². The molecule has 212 valence electrons. The summed E-state index contributed by atoms with van der Waals surface area (Å²) in [6.45, 7) is 4.28. The minimum atomic E-state index is -4.85. The van der Waals surface area contributed by atoms with E-state index in [0.717, 1.165) is 16.6 Å². The van der Waals surface area contributed by atoms with Crippen LogP contribution in [0.15, 0.2) is 23.4 Å². The van der Waals surface area contributed by atoms with Crippen LogP contribution in [0.1, 0.15) is 27.7 Å². The largest absolute Gasteiger partial charge is 0.470 e. The first-order valence-corrected chi connectivity index (χ1v) is 14.7. The average molecular weight is 604 g/mol. The minimum absolute atomic E-state index is 0.214. The smallest absolute Gasteiger partial charge is 0.427 e. The highest BCUT2D eigenvalue weighted by molar-refractivity contribution is 7.93. The molecule has 0 unspecified atom stereocenters. The highest BCUT2D eigenvalue weighted by Crippen LogP contribution is 2.39. The Morgan fingerprint density at radius 2 is 1.92 bits per heavy atom. The number of pyridine rings is 1. The van der Waals surface area contributed by atoms with E-state index in [4.69, 9.17) is 16.3 Å². The lowest BCUT2D eigenvalue weighted by atomic mass is 10.1. The van der Waals surface area contributed by atoms with Gasteiger partial charge in [-0.15, -0.1) is 0 Å². The Balaban J connectivity index is 2.02. The Kier molecular flexibility index (Phi) is 8.15. The summed E-state index contributed by atoms with van der Waals surface area (Å²) in [4.78, 5) is 15.7. The van der Waals surface area contributed by atoms with E-state index in [1.54, 1.807) is 6.92 Å². The van der Waals surface area contributed by atoms with Crippen LogP contribution in [0.2, 0.25) is 5.15 Å². The van der Waals surface area contributed by atoms with Crippen molar-refractivity contribution in [1.29, 1.82) is 0 Å². The second-order valence-electron chi connectivity index (χ2n) is 8.69. The molecule has 1 aliphatic rings. The number of carbonyl (C=O) groups is 1. The van der Waals surface area contributed by atoms with Gasteiger partial charge in [0.15, 0.2) is 15.0 Å². The van der Waals surface area contributed by atoms with E-state index < -0.39 is 56.1 Å². The van der Waals surface area contributed by atoms with Crippen LogP contribution in [0.5, 0.6) is 5.88 Å². The summed E-state index contributed by atoms with van der Waals surface area (Å²) in [5.74, 6) is -1.02. The van der Waals surface area contributed by atoms with Crippen LogP contribution in [0.25, 0.3) is 0 Å². The number of nitrogens with one attached hydrogen (secondary N) is 1. The summed E-state index contributed by atoms with van der Waals surface area (Å²) in [7, 11) is -8.07. The number of nitrogens with zero attached hydrogens (tertiary/aromatic N) is 4. The lowest BCUT2D eigenvalue weighted by Gasteiger charge is -2.34. The number of alkyl halides is 3. The molecule has 1 atom stereocenters. The topological polar surface area (TPSA) is 150 Å². The van der Waals surface area contributed by atoms with E-state index in [-0.39, 0.29) is 33.1 Å². The molecular formula is C20H25ClF3N5O7S2. The van der Waals surface area contributed by atoms with Crippen molar-refractivity contribution in [3.8, 4) is 5.88 Å². The summed E-state index contributed by atoms with van der Waals surface area (Å²) in [6.07, 6.45) is -5.29. The number of sulfone groups is 1. The van der Waals surface area contributed by atoms with Crippen molar-refractivity contribution < 1.29 is 44.3 Å². The molecule has 0 spiro atoms. The number of halogens is 4. The number of ether oxygens (including phenoxy) is 2. The monoisotopic (exact) mass is 603 g/mol. The van der Waals surface area contributed by atoms with Gasteiger partial charge in [0.05, 0.1) is 24.2 Å². The second-order valence-corrected chi connectivity index (χ2v) is 13.3. The number of fused-ring (bicyclic) bond motifs is 1. The number of amides is 1. The Morgan fingerprint density at radius 1 is 1.26 bits per heavy atom. The zero-order chi connectivity index (χ0) is 28.7. The molecule has 38 heavy (non-hydrogen) atoms. The van der Waals surface area contributed by atoms with E-state index in [2.05, 4.69) is 20.1 Å².